The average Bonchev–Trinajstić information content (AvgIpc) is 3.44. The lowest BCUT2D eigenvalue weighted by Crippen LogP contribution is -2.28. The van der Waals surface area contributed by atoms with Gasteiger partial charge in [-0.05, 0) is 122 Å². The van der Waals surface area contributed by atoms with Crippen LogP contribution in [0.2, 0.25) is 0 Å². The molecule has 0 radical (unpaired) electrons. The van der Waals surface area contributed by atoms with Crippen LogP contribution >= 0.6 is 0 Å². The fourth-order valence-electron chi connectivity index (χ4n) is 8.79. The maximum atomic E-state index is 12.3. The summed E-state index contributed by atoms with van der Waals surface area (Å²) in [4.78, 5) is 24.6. The number of aliphatic hydroxyl groups is 1. The van der Waals surface area contributed by atoms with Gasteiger partial charge >= 0.3 is 11.9 Å². The van der Waals surface area contributed by atoms with Gasteiger partial charge in [0.15, 0.2) is 6.10 Å². The molecule has 0 aromatic heterocycles. The molecule has 0 aromatic carbocycles. The number of hydrogen-bond acceptors (Lipinski definition) is 5. The van der Waals surface area contributed by atoms with Gasteiger partial charge in [0, 0.05) is 12.8 Å². The fourth-order valence-corrected chi connectivity index (χ4v) is 8.79. The lowest BCUT2D eigenvalue weighted by molar-refractivity contribution is -0.161. The largest absolute Gasteiger partial charge is 0.462 e. The summed E-state index contributed by atoms with van der Waals surface area (Å²) in [5.74, 6) is -0.606. The monoisotopic (exact) mass is 1080 g/mol. The molecule has 0 saturated heterocycles. The summed E-state index contributed by atoms with van der Waals surface area (Å²) in [7, 11) is 0. The zero-order chi connectivity index (χ0) is 56.2. The van der Waals surface area contributed by atoms with Crippen LogP contribution < -0.4 is 0 Å². The highest BCUT2D eigenvalue weighted by Gasteiger charge is 2.16. The van der Waals surface area contributed by atoms with Crippen molar-refractivity contribution in [1.29, 1.82) is 0 Å². The molecule has 0 aliphatic carbocycles. The van der Waals surface area contributed by atoms with E-state index < -0.39 is 6.10 Å². The van der Waals surface area contributed by atoms with Gasteiger partial charge in [0.2, 0.25) is 0 Å². The minimum absolute atomic E-state index is 0.0769. The Morgan fingerprint density at radius 1 is 0.308 bits per heavy atom. The maximum absolute atomic E-state index is 12.3. The van der Waals surface area contributed by atoms with Crippen molar-refractivity contribution in [2.24, 2.45) is 0 Å². The van der Waals surface area contributed by atoms with Crippen LogP contribution in [0, 0.1) is 0 Å². The van der Waals surface area contributed by atoms with Gasteiger partial charge in [-0.1, -0.05) is 295 Å². The number of hydrogen-bond donors (Lipinski definition) is 1. The third-order valence-corrected chi connectivity index (χ3v) is 13.6. The zero-order valence-electron chi connectivity index (χ0n) is 50.6. The number of aliphatic hydroxyl groups excluding tert-OH is 1. The average molecular weight is 1080 g/mol. The summed E-state index contributed by atoms with van der Waals surface area (Å²) in [5, 5.41) is 9.68. The summed E-state index contributed by atoms with van der Waals surface area (Å²) in [6, 6.07) is 0. The second kappa shape index (κ2) is 67.1. The lowest BCUT2D eigenvalue weighted by Gasteiger charge is -2.15. The number of allylic oxidation sites excluding steroid dienone is 24. The zero-order valence-corrected chi connectivity index (χ0v) is 50.6. The van der Waals surface area contributed by atoms with Crippen molar-refractivity contribution in [3.05, 3.63) is 146 Å². The summed E-state index contributed by atoms with van der Waals surface area (Å²) in [5.41, 5.74) is 0. The summed E-state index contributed by atoms with van der Waals surface area (Å²) in [6.07, 6.45) is 101. The van der Waals surface area contributed by atoms with E-state index in [9.17, 15) is 14.7 Å². The van der Waals surface area contributed by atoms with E-state index >= 15 is 0 Å². The van der Waals surface area contributed by atoms with E-state index in [-0.39, 0.29) is 25.2 Å². The van der Waals surface area contributed by atoms with Gasteiger partial charge < -0.3 is 14.6 Å². The Bertz CT molecular complexity index is 1650. The highest BCUT2D eigenvalue weighted by Crippen LogP contribution is 2.15. The molecule has 0 aliphatic rings. The van der Waals surface area contributed by atoms with Crippen LogP contribution in [0.25, 0.3) is 0 Å². The van der Waals surface area contributed by atoms with Crippen molar-refractivity contribution in [1.82, 2.24) is 0 Å². The van der Waals surface area contributed by atoms with Gasteiger partial charge in [-0.25, -0.2) is 0 Å². The van der Waals surface area contributed by atoms with E-state index in [4.69, 9.17) is 9.47 Å². The molecule has 0 spiro atoms. The Morgan fingerprint density at radius 3 is 0.846 bits per heavy atom. The Kier molecular flexibility index (Phi) is 63.4. The first-order chi connectivity index (χ1) is 38.6. The third kappa shape index (κ3) is 64.3. The number of carbonyl (C=O) groups excluding carboxylic acids is 2. The maximum Gasteiger partial charge on any atom is 0.306 e. The molecule has 1 unspecified atom stereocenters. The van der Waals surface area contributed by atoms with E-state index in [0.29, 0.717) is 12.8 Å². The molecule has 0 heterocycles. The van der Waals surface area contributed by atoms with E-state index in [1.807, 2.05) is 0 Å². The Labute approximate surface area is 482 Å². The molecule has 1 N–H and O–H groups in total. The van der Waals surface area contributed by atoms with E-state index in [2.05, 4.69) is 160 Å². The number of esters is 2. The Morgan fingerprint density at radius 2 is 0.551 bits per heavy atom. The molecule has 0 fully saturated rings. The van der Waals surface area contributed by atoms with Crippen LogP contribution in [0.1, 0.15) is 284 Å². The molecule has 0 aromatic rings. The SMILES string of the molecule is CC/C=C\C/C=C\C/C=C\C/C=C\C/C=C\C/C=C\C/C=C\C/C=C\C/C=C\C/C=C\C/C=C\CCCCCCCCCC(=O)OC(CO)COC(=O)CCCCCCCCCCCCC/C=C\CCCCCCCCCC. The van der Waals surface area contributed by atoms with Gasteiger partial charge in [0.25, 0.3) is 0 Å². The molecule has 0 aliphatic heterocycles. The minimum atomic E-state index is -0.789. The molecule has 1 atom stereocenters. The molecule has 5 nitrogen and oxygen atoms in total. The number of unbranched alkanes of at least 4 members (excludes halogenated alkanes) is 26. The molecule has 0 amide bonds. The van der Waals surface area contributed by atoms with Crippen LogP contribution in [-0.2, 0) is 19.1 Å². The summed E-state index contributed by atoms with van der Waals surface area (Å²) < 4.78 is 10.7. The molecular formula is C73H120O5. The van der Waals surface area contributed by atoms with Crippen molar-refractivity contribution < 1.29 is 24.2 Å². The van der Waals surface area contributed by atoms with E-state index in [0.717, 1.165) is 116 Å². The number of ether oxygens (including phenoxy) is 2. The van der Waals surface area contributed by atoms with Crippen LogP contribution in [0.4, 0.5) is 0 Å². The van der Waals surface area contributed by atoms with Crippen LogP contribution in [0.5, 0.6) is 0 Å². The van der Waals surface area contributed by atoms with E-state index in [1.54, 1.807) is 0 Å². The third-order valence-electron chi connectivity index (χ3n) is 13.6. The summed E-state index contributed by atoms with van der Waals surface area (Å²) in [6.45, 7) is 4.03. The predicted molar refractivity (Wildman–Crippen MR) is 343 cm³/mol. The smallest absolute Gasteiger partial charge is 0.306 e. The van der Waals surface area contributed by atoms with Crippen molar-refractivity contribution >= 4 is 11.9 Å². The van der Waals surface area contributed by atoms with Crippen molar-refractivity contribution in [2.75, 3.05) is 13.2 Å². The van der Waals surface area contributed by atoms with Gasteiger partial charge in [-0.2, -0.15) is 0 Å². The topological polar surface area (TPSA) is 72.8 Å². The van der Waals surface area contributed by atoms with Crippen LogP contribution in [0.3, 0.4) is 0 Å². The van der Waals surface area contributed by atoms with Gasteiger partial charge in [0.1, 0.15) is 6.61 Å². The van der Waals surface area contributed by atoms with Crippen LogP contribution in [-0.4, -0.2) is 36.4 Å². The lowest BCUT2D eigenvalue weighted by atomic mass is 10.0. The molecule has 0 saturated carbocycles. The molecule has 5 heteroatoms. The second-order valence-electron chi connectivity index (χ2n) is 21.1. The highest BCUT2D eigenvalue weighted by atomic mass is 16.6. The van der Waals surface area contributed by atoms with Crippen molar-refractivity contribution in [3.8, 4) is 0 Å². The first-order valence-electron chi connectivity index (χ1n) is 32.4. The minimum Gasteiger partial charge on any atom is -0.462 e. The van der Waals surface area contributed by atoms with Gasteiger partial charge in [0.05, 0.1) is 6.61 Å². The van der Waals surface area contributed by atoms with Crippen molar-refractivity contribution in [3.63, 3.8) is 0 Å². The Balaban J connectivity index is 3.60. The normalized spacial score (nSPS) is 13.2. The quantitative estimate of drug-likeness (QED) is 0.0373. The molecule has 0 bridgehead atoms. The van der Waals surface area contributed by atoms with Gasteiger partial charge in [-0.15, -0.1) is 0 Å². The number of rotatable bonds is 58. The van der Waals surface area contributed by atoms with E-state index in [1.165, 1.54) is 141 Å². The van der Waals surface area contributed by atoms with Crippen molar-refractivity contribution in [2.45, 2.75) is 290 Å². The molecular weight excluding hydrogens is 957 g/mol. The fraction of sp³-hybridized carbons (Fsp3) is 0.644. The highest BCUT2D eigenvalue weighted by molar-refractivity contribution is 5.70. The van der Waals surface area contributed by atoms with Gasteiger partial charge in [-0.3, -0.25) is 9.59 Å². The van der Waals surface area contributed by atoms with Crippen LogP contribution in [0.15, 0.2) is 146 Å². The predicted octanol–water partition coefficient (Wildman–Crippen LogP) is 22.5. The molecule has 0 rings (SSSR count). The summed E-state index contributed by atoms with van der Waals surface area (Å²) >= 11 is 0. The molecule has 78 heavy (non-hydrogen) atoms. The molecule has 442 valence electrons. The number of carbonyl (C=O) groups is 2. The first-order valence-corrected chi connectivity index (χ1v) is 32.4. The second-order valence-corrected chi connectivity index (χ2v) is 21.1. The Hall–Kier alpha value is -4.22. The first kappa shape index (κ1) is 73.8. The standard InChI is InChI=1S/C73H120O5/c1-3-5-7-9-11-13-15-17-19-21-23-25-27-28-29-30-31-32-33-34-35-36-37-38-39-40-41-42-43-44-46-48-50-52-54-56-58-60-62-64-66-68-73(76)78-71(69-74)70-77-72(75)67-65-63-61-59-57-55-53-51-49-47-45-26-24-22-20-18-16-14-12-10-8-6-4-2/h5,7,11,13,17,19,22-25,28-29,31-32,34-35,37-38,40-41,43-44,48,50,71,74H,3-4,6,8-10,12,14-16,18,20-21,26-27,30,33,36,39,42,45-47,49,51-70H2,1-2H3/b7-5-,13-11-,19-17-,24-22-,25-23-,29-28-,32-31-,35-34-,38-37-,41-40-,44-43-,50-48-.